The third-order valence-corrected chi connectivity index (χ3v) is 6.99. The van der Waals surface area contributed by atoms with Crippen LogP contribution in [0.15, 0.2) is 53.6 Å². The van der Waals surface area contributed by atoms with E-state index in [9.17, 15) is 8.42 Å². The summed E-state index contributed by atoms with van der Waals surface area (Å²) in [7, 11) is -3.38. The Morgan fingerprint density at radius 1 is 1.21 bits per heavy atom. The standard InChI is InChI=1S/C24H24ClN5O3S/c1-16-12-17(15-26)13-21(25)23(16)33-22-8-11-28-24(29-22)30(18-6-9-27-10-7-18)19-4-3-5-20(14-19)34(2,31)32/h3-5,8,11-14,18,27H,6-7,9-10H2,1-2H3. The molecular weight excluding hydrogens is 474 g/mol. The summed E-state index contributed by atoms with van der Waals surface area (Å²) in [6.07, 6.45) is 4.48. The molecular formula is C24H24ClN5O3S. The molecule has 34 heavy (non-hydrogen) atoms. The largest absolute Gasteiger partial charge is 0.437 e. The van der Waals surface area contributed by atoms with Crippen molar-refractivity contribution in [1.29, 1.82) is 5.26 Å². The monoisotopic (exact) mass is 497 g/mol. The Morgan fingerprint density at radius 3 is 2.65 bits per heavy atom. The predicted octanol–water partition coefficient (Wildman–Crippen LogP) is 4.40. The van der Waals surface area contributed by atoms with Gasteiger partial charge in [-0.25, -0.2) is 13.4 Å². The van der Waals surface area contributed by atoms with Crippen LogP contribution in [-0.4, -0.2) is 43.8 Å². The van der Waals surface area contributed by atoms with Crippen LogP contribution >= 0.6 is 11.6 Å². The SMILES string of the molecule is Cc1cc(C#N)cc(Cl)c1Oc1ccnc(N(c2cccc(S(C)(=O)=O)c2)C2CCNCC2)n1. The van der Waals surface area contributed by atoms with E-state index in [-0.39, 0.29) is 16.8 Å². The first-order valence-corrected chi connectivity index (χ1v) is 13.0. The minimum atomic E-state index is -3.38. The summed E-state index contributed by atoms with van der Waals surface area (Å²) in [6, 6.07) is 13.8. The van der Waals surface area contributed by atoms with Crippen molar-refractivity contribution in [3.8, 4) is 17.7 Å². The number of sulfone groups is 1. The number of benzene rings is 2. The first-order chi connectivity index (χ1) is 16.3. The summed E-state index contributed by atoms with van der Waals surface area (Å²) in [5, 5.41) is 12.8. The third-order valence-electron chi connectivity index (χ3n) is 5.60. The molecule has 8 nitrogen and oxygen atoms in total. The number of piperidine rings is 1. The molecule has 0 radical (unpaired) electrons. The van der Waals surface area contributed by atoms with Crippen molar-refractivity contribution in [3.05, 3.63) is 64.8 Å². The smallest absolute Gasteiger partial charge is 0.233 e. The van der Waals surface area contributed by atoms with Gasteiger partial charge in [0.1, 0.15) is 0 Å². The predicted molar refractivity (Wildman–Crippen MR) is 131 cm³/mol. The van der Waals surface area contributed by atoms with Crippen LogP contribution < -0.4 is 15.0 Å². The molecule has 4 rings (SSSR count). The van der Waals surface area contributed by atoms with Crippen molar-refractivity contribution in [2.24, 2.45) is 0 Å². The van der Waals surface area contributed by atoms with Gasteiger partial charge in [-0.1, -0.05) is 17.7 Å². The van der Waals surface area contributed by atoms with Gasteiger partial charge < -0.3 is 15.0 Å². The van der Waals surface area contributed by atoms with Crippen molar-refractivity contribution in [2.45, 2.75) is 30.7 Å². The molecule has 3 aromatic rings. The van der Waals surface area contributed by atoms with Crippen LogP contribution in [-0.2, 0) is 9.84 Å². The molecule has 2 aromatic carbocycles. The Bertz CT molecular complexity index is 1330. The number of aryl methyl sites for hydroxylation is 1. The number of hydrogen-bond acceptors (Lipinski definition) is 8. The molecule has 0 amide bonds. The maximum atomic E-state index is 12.2. The zero-order chi connectivity index (χ0) is 24.3. The molecule has 0 spiro atoms. The van der Waals surface area contributed by atoms with Gasteiger partial charge in [-0.15, -0.1) is 0 Å². The molecule has 1 fully saturated rings. The molecule has 0 unspecified atom stereocenters. The number of anilines is 2. The van der Waals surface area contributed by atoms with Crippen LogP contribution in [0.3, 0.4) is 0 Å². The topological polar surface area (TPSA) is 108 Å². The molecule has 2 heterocycles. The maximum absolute atomic E-state index is 12.2. The van der Waals surface area contributed by atoms with Crippen LogP contribution in [0.1, 0.15) is 24.0 Å². The van der Waals surface area contributed by atoms with Gasteiger partial charge in [0.05, 0.1) is 21.6 Å². The summed E-state index contributed by atoms with van der Waals surface area (Å²) in [6.45, 7) is 3.48. The number of rotatable bonds is 6. The molecule has 1 saturated heterocycles. The zero-order valence-electron chi connectivity index (χ0n) is 18.8. The molecule has 0 saturated carbocycles. The summed E-state index contributed by atoms with van der Waals surface area (Å²) in [4.78, 5) is 11.3. The second-order valence-electron chi connectivity index (χ2n) is 8.13. The van der Waals surface area contributed by atoms with Gasteiger partial charge in [0.15, 0.2) is 15.6 Å². The lowest BCUT2D eigenvalue weighted by Gasteiger charge is -2.35. The van der Waals surface area contributed by atoms with Crippen molar-refractivity contribution >= 4 is 33.1 Å². The number of nitriles is 1. The fraction of sp³-hybridized carbons (Fsp3) is 0.292. The number of halogens is 1. The Balaban J connectivity index is 1.74. The van der Waals surface area contributed by atoms with E-state index >= 15 is 0 Å². The maximum Gasteiger partial charge on any atom is 0.233 e. The third kappa shape index (κ3) is 5.30. The lowest BCUT2D eigenvalue weighted by atomic mass is 10.0. The number of nitrogens with zero attached hydrogens (tertiary/aromatic N) is 4. The number of ether oxygens (including phenoxy) is 1. The minimum Gasteiger partial charge on any atom is -0.437 e. The highest BCUT2D eigenvalue weighted by molar-refractivity contribution is 7.90. The van der Waals surface area contributed by atoms with Crippen molar-refractivity contribution in [1.82, 2.24) is 15.3 Å². The molecule has 1 aliphatic heterocycles. The van der Waals surface area contributed by atoms with Crippen LogP contribution in [0.5, 0.6) is 11.6 Å². The van der Waals surface area contributed by atoms with E-state index in [0.717, 1.165) is 25.9 Å². The molecule has 1 aromatic heterocycles. The fourth-order valence-electron chi connectivity index (χ4n) is 3.95. The molecule has 0 aliphatic carbocycles. The highest BCUT2D eigenvalue weighted by Crippen LogP contribution is 2.35. The summed E-state index contributed by atoms with van der Waals surface area (Å²) in [5.41, 5.74) is 1.85. The second-order valence-corrected chi connectivity index (χ2v) is 10.6. The van der Waals surface area contributed by atoms with E-state index in [1.165, 1.54) is 6.26 Å². The van der Waals surface area contributed by atoms with Crippen molar-refractivity contribution in [2.75, 3.05) is 24.2 Å². The Kier molecular flexibility index (Phi) is 7.03. The lowest BCUT2D eigenvalue weighted by Crippen LogP contribution is -2.41. The number of hydrogen-bond donors (Lipinski definition) is 1. The Hall–Kier alpha value is -3.19. The first-order valence-electron chi connectivity index (χ1n) is 10.8. The molecule has 176 valence electrons. The van der Waals surface area contributed by atoms with E-state index < -0.39 is 9.84 Å². The summed E-state index contributed by atoms with van der Waals surface area (Å²) >= 11 is 6.35. The summed E-state index contributed by atoms with van der Waals surface area (Å²) < 4.78 is 30.4. The normalized spacial score (nSPS) is 14.4. The van der Waals surface area contributed by atoms with Crippen molar-refractivity contribution in [3.63, 3.8) is 0 Å². The second kappa shape index (κ2) is 9.97. The van der Waals surface area contributed by atoms with Gasteiger partial charge in [0.25, 0.3) is 0 Å². The molecule has 10 heteroatoms. The average molecular weight is 498 g/mol. The molecule has 0 bridgehead atoms. The molecule has 0 atom stereocenters. The van der Waals surface area contributed by atoms with Gasteiger partial charge in [0.2, 0.25) is 11.8 Å². The lowest BCUT2D eigenvalue weighted by molar-refractivity contribution is 0.440. The van der Waals surface area contributed by atoms with Gasteiger partial charge >= 0.3 is 0 Å². The van der Waals surface area contributed by atoms with Gasteiger partial charge in [-0.3, -0.25) is 0 Å². The number of nitrogens with one attached hydrogen (secondary N) is 1. The molecule has 1 aliphatic rings. The quantitative estimate of drug-likeness (QED) is 0.534. The van der Waals surface area contributed by atoms with E-state index in [1.54, 1.807) is 42.6 Å². The average Bonchev–Trinajstić information content (AvgIpc) is 2.82. The fourth-order valence-corrected chi connectivity index (χ4v) is 4.92. The van der Waals surface area contributed by atoms with Gasteiger partial charge in [-0.05, 0) is 68.8 Å². The van der Waals surface area contributed by atoms with Crippen LogP contribution in [0.4, 0.5) is 11.6 Å². The number of aromatic nitrogens is 2. The Morgan fingerprint density at radius 2 is 1.97 bits per heavy atom. The minimum absolute atomic E-state index is 0.0755. The van der Waals surface area contributed by atoms with Gasteiger partial charge in [0, 0.05) is 30.2 Å². The van der Waals surface area contributed by atoms with Gasteiger partial charge in [-0.2, -0.15) is 10.2 Å². The van der Waals surface area contributed by atoms with Crippen LogP contribution in [0.25, 0.3) is 0 Å². The van der Waals surface area contributed by atoms with Crippen molar-refractivity contribution < 1.29 is 13.2 Å². The summed E-state index contributed by atoms with van der Waals surface area (Å²) in [5.74, 6) is 1.10. The Labute approximate surface area is 204 Å². The van der Waals surface area contributed by atoms with E-state index in [0.29, 0.717) is 33.5 Å². The highest BCUT2D eigenvalue weighted by Gasteiger charge is 2.26. The van der Waals surface area contributed by atoms with E-state index in [2.05, 4.69) is 21.4 Å². The highest BCUT2D eigenvalue weighted by atomic mass is 35.5. The zero-order valence-corrected chi connectivity index (χ0v) is 20.4. The van der Waals surface area contributed by atoms with E-state index in [4.69, 9.17) is 21.6 Å². The van der Waals surface area contributed by atoms with Crippen LogP contribution in [0.2, 0.25) is 5.02 Å². The van der Waals surface area contributed by atoms with E-state index in [1.807, 2.05) is 17.9 Å². The van der Waals surface area contributed by atoms with Crippen LogP contribution in [0, 0.1) is 18.3 Å². The first kappa shape index (κ1) is 24.0. The molecule has 1 N–H and O–H groups in total.